The zero-order valence-electron chi connectivity index (χ0n) is 9.78. The van der Waals surface area contributed by atoms with Crippen molar-refractivity contribution in [3.8, 4) is 5.75 Å². The second kappa shape index (κ2) is 5.18. The third-order valence-corrected chi connectivity index (χ3v) is 2.42. The van der Waals surface area contributed by atoms with Crippen LogP contribution in [0.15, 0.2) is 48.5 Å². The summed E-state index contributed by atoms with van der Waals surface area (Å²) >= 11 is 0. The number of benzene rings is 2. The molecule has 0 aromatic heterocycles. The van der Waals surface area contributed by atoms with Crippen molar-refractivity contribution in [2.45, 2.75) is 0 Å². The molecule has 0 radical (unpaired) electrons. The van der Waals surface area contributed by atoms with Gasteiger partial charge >= 0.3 is 5.97 Å². The fourth-order valence-corrected chi connectivity index (χ4v) is 1.50. The van der Waals surface area contributed by atoms with Gasteiger partial charge in [0.25, 0.3) is 5.69 Å². The summed E-state index contributed by atoms with van der Waals surface area (Å²) in [7, 11) is 0. The van der Waals surface area contributed by atoms with Crippen molar-refractivity contribution in [3.63, 3.8) is 0 Å². The van der Waals surface area contributed by atoms with Gasteiger partial charge in [0.2, 0.25) is 0 Å². The fraction of sp³-hybridized carbons (Fsp3) is 0. The van der Waals surface area contributed by atoms with Crippen LogP contribution in [0.1, 0.15) is 10.4 Å². The largest absolute Gasteiger partial charge is 0.423 e. The van der Waals surface area contributed by atoms with E-state index in [2.05, 4.69) is 0 Å². The number of nitro benzene ring substituents is 1. The average Bonchev–Trinajstić information content (AvgIpc) is 2.39. The fourth-order valence-electron chi connectivity index (χ4n) is 1.50. The van der Waals surface area contributed by atoms with Crippen molar-refractivity contribution in [1.29, 1.82) is 0 Å². The zero-order valence-corrected chi connectivity index (χ0v) is 9.78. The number of nitrogen functional groups attached to an aromatic ring is 1. The quantitative estimate of drug-likeness (QED) is 0.300. The smallest absolute Gasteiger partial charge is 0.345 e. The van der Waals surface area contributed by atoms with E-state index in [-0.39, 0.29) is 16.9 Å². The highest BCUT2D eigenvalue weighted by Gasteiger charge is 2.15. The molecule has 0 fully saturated rings. The minimum atomic E-state index is -0.654. The van der Waals surface area contributed by atoms with Gasteiger partial charge in [-0.05, 0) is 18.2 Å². The van der Waals surface area contributed by atoms with Crippen LogP contribution < -0.4 is 10.5 Å². The number of nitro groups is 1. The van der Waals surface area contributed by atoms with Gasteiger partial charge in [0.05, 0.1) is 16.2 Å². The van der Waals surface area contributed by atoms with Crippen LogP contribution in [0.2, 0.25) is 0 Å². The molecule has 0 atom stereocenters. The number of nitrogens with two attached hydrogens (primary N) is 1. The molecule has 0 unspecified atom stereocenters. The van der Waals surface area contributed by atoms with Gasteiger partial charge in [0.1, 0.15) is 5.75 Å². The monoisotopic (exact) mass is 258 g/mol. The molecule has 96 valence electrons. The van der Waals surface area contributed by atoms with Gasteiger partial charge in [-0.3, -0.25) is 10.1 Å². The predicted molar refractivity (Wildman–Crippen MR) is 68.9 cm³/mol. The Morgan fingerprint density at radius 2 is 1.84 bits per heavy atom. The first-order valence-corrected chi connectivity index (χ1v) is 5.39. The van der Waals surface area contributed by atoms with E-state index < -0.39 is 10.9 Å². The first-order valence-electron chi connectivity index (χ1n) is 5.39. The molecule has 2 aromatic rings. The molecule has 6 nitrogen and oxygen atoms in total. The minimum absolute atomic E-state index is 0.00938. The van der Waals surface area contributed by atoms with Crippen LogP contribution in [0.5, 0.6) is 5.75 Å². The molecule has 19 heavy (non-hydrogen) atoms. The Labute approximate surface area is 108 Å². The lowest BCUT2D eigenvalue weighted by Crippen LogP contribution is -2.11. The van der Waals surface area contributed by atoms with Gasteiger partial charge in [-0.2, -0.15) is 0 Å². The molecule has 2 rings (SSSR count). The number of para-hydroxylation sites is 1. The number of carbonyl (C=O) groups excluding carboxylic acids is 1. The van der Waals surface area contributed by atoms with Gasteiger partial charge in [-0.25, -0.2) is 4.79 Å². The predicted octanol–water partition coefficient (Wildman–Crippen LogP) is 2.40. The Hall–Kier alpha value is -2.89. The van der Waals surface area contributed by atoms with Crippen LogP contribution in [-0.4, -0.2) is 10.9 Å². The van der Waals surface area contributed by atoms with Crippen LogP contribution in [0.4, 0.5) is 11.4 Å². The van der Waals surface area contributed by atoms with Crippen LogP contribution in [0, 0.1) is 10.1 Å². The van der Waals surface area contributed by atoms with Gasteiger partial charge < -0.3 is 10.5 Å². The van der Waals surface area contributed by atoms with E-state index in [1.807, 2.05) is 0 Å². The Morgan fingerprint density at radius 1 is 1.16 bits per heavy atom. The summed E-state index contributed by atoms with van der Waals surface area (Å²) in [6.45, 7) is 0. The number of anilines is 1. The molecule has 0 saturated heterocycles. The van der Waals surface area contributed by atoms with Crippen molar-refractivity contribution in [3.05, 3.63) is 64.2 Å². The van der Waals surface area contributed by atoms with Crippen molar-refractivity contribution in [1.82, 2.24) is 0 Å². The van der Waals surface area contributed by atoms with Crippen LogP contribution in [0.25, 0.3) is 0 Å². The number of carbonyl (C=O) groups is 1. The summed E-state index contributed by atoms with van der Waals surface area (Å²) in [5, 5.41) is 10.6. The number of rotatable bonds is 3. The van der Waals surface area contributed by atoms with E-state index in [0.717, 1.165) is 6.07 Å². The first-order chi connectivity index (χ1) is 9.08. The molecular weight excluding hydrogens is 248 g/mol. The highest BCUT2D eigenvalue weighted by Crippen LogP contribution is 2.21. The zero-order chi connectivity index (χ0) is 13.8. The molecule has 6 heteroatoms. The van der Waals surface area contributed by atoms with Crippen molar-refractivity contribution in [2.75, 3.05) is 5.73 Å². The summed E-state index contributed by atoms with van der Waals surface area (Å²) in [4.78, 5) is 21.8. The van der Waals surface area contributed by atoms with E-state index in [4.69, 9.17) is 10.5 Å². The average molecular weight is 258 g/mol. The van der Waals surface area contributed by atoms with Gasteiger partial charge in [0, 0.05) is 12.1 Å². The van der Waals surface area contributed by atoms with Crippen molar-refractivity contribution < 1.29 is 14.5 Å². The lowest BCUT2D eigenvalue weighted by atomic mass is 10.1. The number of hydrogen-bond donors (Lipinski definition) is 1. The highest BCUT2D eigenvalue weighted by molar-refractivity contribution is 5.96. The molecule has 0 aliphatic heterocycles. The van der Waals surface area contributed by atoms with Gasteiger partial charge in [-0.15, -0.1) is 0 Å². The first kappa shape index (κ1) is 12.6. The Bertz CT molecular complexity index is 626. The topological polar surface area (TPSA) is 95.5 Å². The SMILES string of the molecule is Nc1cc([N+](=O)[O-])ccc1C(=O)Oc1ccccc1. The highest BCUT2D eigenvalue weighted by atomic mass is 16.6. The number of nitrogens with zero attached hydrogens (tertiary/aromatic N) is 1. The Morgan fingerprint density at radius 3 is 2.42 bits per heavy atom. The van der Waals surface area contributed by atoms with Crippen molar-refractivity contribution >= 4 is 17.3 Å². The number of hydrogen-bond acceptors (Lipinski definition) is 5. The molecule has 0 aliphatic carbocycles. The maximum absolute atomic E-state index is 11.8. The summed E-state index contributed by atoms with van der Waals surface area (Å²) < 4.78 is 5.09. The van der Waals surface area contributed by atoms with E-state index in [1.54, 1.807) is 30.3 Å². The third-order valence-electron chi connectivity index (χ3n) is 2.42. The van der Waals surface area contributed by atoms with Crippen LogP contribution in [0.3, 0.4) is 0 Å². The molecule has 0 bridgehead atoms. The van der Waals surface area contributed by atoms with E-state index in [9.17, 15) is 14.9 Å². The van der Waals surface area contributed by atoms with Crippen LogP contribution in [-0.2, 0) is 0 Å². The number of non-ortho nitro benzene ring substituents is 1. The van der Waals surface area contributed by atoms with Crippen LogP contribution >= 0.6 is 0 Å². The van der Waals surface area contributed by atoms with E-state index in [1.165, 1.54) is 12.1 Å². The standard InChI is InChI=1S/C13H10N2O4/c14-12-8-9(15(17)18)6-7-11(12)13(16)19-10-4-2-1-3-5-10/h1-8H,14H2. The minimum Gasteiger partial charge on any atom is -0.423 e. The number of esters is 1. The van der Waals surface area contributed by atoms with Gasteiger partial charge in [-0.1, -0.05) is 18.2 Å². The Balaban J connectivity index is 2.22. The molecule has 0 amide bonds. The maximum Gasteiger partial charge on any atom is 0.345 e. The molecule has 0 saturated carbocycles. The third kappa shape index (κ3) is 2.86. The summed E-state index contributed by atoms with van der Waals surface area (Å²) in [6.07, 6.45) is 0. The molecular formula is C13H10N2O4. The lowest BCUT2D eigenvalue weighted by Gasteiger charge is -2.06. The molecule has 0 heterocycles. The maximum atomic E-state index is 11.8. The number of ether oxygens (including phenoxy) is 1. The molecule has 2 aromatic carbocycles. The van der Waals surface area contributed by atoms with Crippen molar-refractivity contribution in [2.24, 2.45) is 0 Å². The summed E-state index contributed by atoms with van der Waals surface area (Å²) in [5.41, 5.74) is 5.54. The normalized spacial score (nSPS) is 9.89. The Kier molecular flexibility index (Phi) is 3.42. The summed E-state index contributed by atoms with van der Waals surface area (Å²) in [5.74, 6) is -0.274. The molecule has 0 spiro atoms. The molecule has 2 N–H and O–H groups in total. The van der Waals surface area contributed by atoms with E-state index in [0.29, 0.717) is 5.75 Å². The summed E-state index contributed by atoms with van der Waals surface area (Å²) in [6, 6.07) is 12.1. The van der Waals surface area contributed by atoms with Gasteiger partial charge in [0.15, 0.2) is 0 Å². The molecule has 0 aliphatic rings. The second-order valence-corrected chi connectivity index (χ2v) is 3.73. The van der Waals surface area contributed by atoms with E-state index >= 15 is 0 Å². The second-order valence-electron chi connectivity index (χ2n) is 3.73. The lowest BCUT2D eigenvalue weighted by molar-refractivity contribution is -0.384.